The maximum absolute atomic E-state index is 12.3. The van der Waals surface area contributed by atoms with Gasteiger partial charge in [-0.05, 0) is 28.5 Å². The molecule has 3 aromatic rings. The SMILES string of the molecule is O=C(COC(=O)CCC(=O)c1cccs1)N[C@@H](c1ccccc1)c1cccs1. The Morgan fingerprint density at radius 3 is 2.32 bits per heavy atom. The number of hydrogen-bond acceptors (Lipinski definition) is 6. The predicted molar refractivity (Wildman–Crippen MR) is 110 cm³/mol. The fourth-order valence-electron chi connectivity index (χ4n) is 2.62. The second-order valence-electron chi connectivity index (χ2n) is 5.99. The zero-order valence-electron chi connectivity index (χ0n) is 15.0. The van der Waals surface area contributed by atoms with Crippen molar-refractivity contribution in [3.63, 3.8) is 0 Å². The van der Waals surface area contributed by atoms with Crippen molar-refractivity contribution >= 4 is 40.3 Å². The number of rotatable bonds is 9. The van der Waals surface area contributed by atoms with Crippen LogP contribution in [0.5, 0.6) is 0 Å². The Hall–Kier alpha value is -2.77. The summed E-state index contributed by atoms with van der Waals surface area (Å²) in [5.41, 5.74) is 0.950. The van der Waals surface area contributed by atoms with Crippen molar-refractivity contribution in [1.29, 1.82) is 0 Å². The first kappa shape index (κ1) is 20.0. The van der Waals surface area contributed by atoms with Gasteiger partial charge in [0.15, 0.2) is 12.4 Å². The number of benzene rings is 1. The van der Waals surface area contributed by atoms with E-state index in [1.54, 1.807) is 23.5 Å². The van der Waals surface area contributed by atoms with Crippen LogP contribution >= 0.6 is 22.7 Å². The third kappa shape index (κ3) is 5.61. The van der Waals surface area contributed by atoms with E-state index < -0.39 is 5.97 Å². The highest BCUT2D eigenvalue weighted by Crippen LogP contribution is 2.25. The molecule has 0 saturated heterocycles. The minimum absolute atomic E-state index is 0.0446. The van der Waals surface area contributed by atoms with E-state index in [0.717, 1.165) is 10.4 Å². The van der Waals surface area contributed by atoms with Gasteiger partial charge in [-0.25, -0.2) is 0 Å². The van der Waals surface area contributed by atoms with Crippen molar-refractivity contribution in [2.24, 2.45) is 0 Å². The van der Waals surface area contributed by atoms with Crippen molar-refractivity contribution in [2.75, 3.05) is 6.61 Å². The normalized spacial score (nSPS) is 11.6. The summed E-state index contributed by atoms with van der Waals surface area (Å²) in [7, 11) is 0. The molecule has 5 nitrogen and oxygen atoms in total. The number of nitrogens with one attached hydrogen (secondary N) is 1. The summed E-state index contributed by atoms with van der Waals surface area (Å²) in [5.74, 6) is -1.05. The number of amides is 1. The predicted octanol–water partition coefficient (Wildman–Crippen LogP) is 4.22. The molecule has 7 heteroatoms. The molecule has 144 valence electrons. The van der Waals surface area contributed by atoms with Crippen LogP contribution in [0.3, 0.4) is 0 Å². The van der Waals surface area contributed by atoms with E-state index in [1.807, 2.05) is 53.2 Å². The van der Waals surface area contributed by atoms with Gasteiger partial charge >= 0.3 is 5.97 Å². The van der Waals surface area contributed by atoms with Gasteiger partial charge in [-0.3, -0.25) is 14.4 Å². The molecule has 28 heavy (non-hydrogen) atoms. The van der Waals surface area contributed by atoms with Crippen LogP contribution in [0.1, 0.15) is 39.0 Å². The van der Waals surface area contributed by atoms with Crippen molar-refractivity contribution in [1.82, 2.24) is 5.32 Å². The van der Waals surface area contributed by atoms with Gasteiger partial charge in [0, 0.05) is 11.3 Å². The smallest absolute Gasteiger partial charge is 0.306 e. The highest BCUT2D eigenvalue weighted by molar-refractivity contribution is 7.12. The maximum Gasteiger partial charge on any atom is 0.306 e. The zero-order valence-corrected chi connectivity index (χ0v) is 16.6. The first-order valence-electron chi connectivity index (χ1n) is 8.73. The monoisotopic (exact) mass is 413 g/mol. The number of hydrogen-bond donors (Lipinski definition) is 1. The molecule has 0 aliphatic rings. The van der Waals surface area contributed by atoms with Crippen molar-refractivity contribution in [2.45, 2.75) is 18.9 Å². The number of carbonyl (C=O) groups is 3. The van der Waals surface area contributed by atoms with E-state index in [2.05, 4.69) is 5.32 Å². The number of Topliss-reactive ketones (excluding diaryl/α,β-unsaturated/α-hetero) is 1. The summed E-state index contributed by atoms with van der Waals surface area (Å²) in [5, 5.41) is 6.67. The van der Waals surface area contributed by atoms with E-state index in [1.165, 1.54) is 11.3 Å². The maximum atomic E-state index is 12.3. The zero-order chi connectivity index (χ0) is 19.8. The number of ether oxygens (including phenoxy) is 1. The van der Waals surface area contributed by atoms with Gasteiger partial charge in [0.25, 0.3) is 5.91 Å². The fraction of sp³-hybridized carbons (Fsp3) is 0.190. The lowest BCUT2D eigenvalue weighted by molar-refractivity contribution is -0.148. The van der Waals surface area contributed by atoms with Gasteiger partial charge in [0.1, 0.15) is 0 Å². The van der Waals surface area contributed by atoms with Gasteiger partial charge in [-0.15, -0.1) is 22.7 Å². The van der Waals surface area contributed by atoms with E-state index >= 15 is 0 Å². The highest BCUT2D eigenvalue weighted by Gasteiger charge is 2.19. The molecule has 1 atom stereocenters. The summed E-state index contributed by atoms with van der Waals surface area (Å²) in [6, 6.07) is 16.7. The molecule has 1 N–H and O–H groups in total. The third-order valence-electron chi connectivity index (χ3n) is 3.98. The van der Waals surface area contributed by atoms with Crippen LogP contribution in [0.15, 0.2) is 65.4 Å². The lowest BCUT2D eigenvalue weighted by Crippen LogP contribution is -2.32. The summed E-state index contributed by atoms with van der Waals surface area (Å²) in [4.78, 5) is 37.7. The van der Waals surface area contributed by atoms with Crippen LogP contribution < -0.4 is 5.32 Å². The van der Waals surface area contributed by atoms with Crippen LogP contribution in [0.4, 0.5) is 0 Å². The Bertz CT molecular complexity index is 905. The largest absolute Gasteiger partial charge is 0.456 e. The third-order valence-corrected chi connectivity index (χ3v) is 5.83. The summed E-state index contributed by atoms with van der Waals surface area (Å²) >= 11 is 2.88. The lowest BCUT2D eigenvalue weighted by atomic mass is 10.1. The minimum Gasteiger partial charge on any atom is -0.456 e. The molecule has 1 amide bonds. The van der Waals surface area contributed by atoms with Crippen LogP contribution in [0, 0.1) is 0 Å². The molecule has 3 rings (SSSR count). The second kappa shape index (κ2) is 9.96. The molecule has 2 aromatic heterocycles. The topological polar surface area (TPSA) is 72.5 Å². The van der Waals surface area contributed by atoms with Crippen LogP contribution in [0.25, 0.3) is 0 Å². The van der Waals surface area contributed by atoms with Gasteiger partial charge in [-0.1, -0.05) is 42.5 Å². The molecule has 0 spiro atoms. The molecule has 0 unspecified atom stereocenters. The fourth-order valence-corrected chi connectivity index (χ4v) is 4.11. The van der Waals surface area contributed by atoms with E-state index in [0.29, 0.717) is 4.88 Å². The molecular formula is C21H19NO4S2. The minimum atomic E-state index is -0.563. The molecule has 0 aliphatic carbocycles. The van der Waals surface area contributed by atoms with Crippen molar-refractivity contribution < 1.29 is 19.1 Å². The Balaban J connectivity index is 1.49. The number of carbonyl (C=O) groups excluding carboxylic acids is 3. The van der Waals surface area contributed by atoms with Crippen molar-refractivity contribution in [3.8, 4) is 0 Å². The highest BCUT2D eigenvalue weighted by atomic mass is 32.1. The Labute approximate surface area is 171 Å². The Morgan fingerprint density at radius 2 is 1.64 bits per heavy atom. The Morgan fingerprint density at radius 1 is 0.893 bits per heavy atom. The molecule has 2 heterocycles. The van der Waals surface area contributed by atoms with Gasteiger partial charge < -0.3 is 10.1 Å². The number of esters is 1. The average molecular weight is 414 g/mol. The van der Waals surface area contributed by atoms with Gasteiger partial charge in [0.05, 0.1) is 17.3 Å². The van der Waals surface area contributed by atoms with E-state index in [-0.39, 0.29) is 37.2 Å². The van der Waals surface area contributed by atoms with Crippen molar-refractivity contribution in [3.05, 3.63) is 80.7 Å². The standard InChI is InChI=1S/C21H19NO4S2/c23-16(17-8-4-12-27-17)10-11-20(25)26-14-19(24)22-21(18-9-5-13-28-18)15-6-2-1-3-7-15/h1-9,12-13,21H,10-11,14H2,(H,22,24)/t21-/m0/s1. The van der Waals surface area contributed by atoms with E-state index in [4.69, 9.17) is 4.74 Å². The first-order chi connectivity index (χ1) is 13.6. The molecule has 0 bridgehead atoms. The van der Waals surface area contributed by atoms with Crippen LogP contribution in [-0.2, 0) is 14.3 Å². The molecule has 0 saturated carbocycles. The molecule has 0 fully saturated rings. The number of thiophene rings is 2. The second-order valence-corrected chi connectivity index (χ2v) is 7.91. The average Bonchev–Trinajstić information content (AvgIpc) is 3.43. The quantitative estimate of drug-likeness (QED) is 0.421. The van der Waals surface area contributed by atoms with E-state index in [9.17, 15) is 14.4 Å². The number of ketones is 1. The Kier molecular flexibility index (Phi) is 7.11. The summed E-state index contributed by atoms with van der Waals surface area (Å²) < 4.78 is 5.03. The summed E-state index contributed by atoms with van der Waals surface area (Å²) in [6.45, 7) is -0.374. The van der Waals surface area contributed by atoms with Gasteiger partial charge in [-0.2, -0.15) is 0 Å². The lowest BCUT2D eigenvalue weighted by Gasteiger charge is -2.18. The summed E-state index contributed by atoms with van der Waals surface area (Å²) in [6.07, 6.45) is 0.0276. The van der Waals surface area contributed by atoms with Crippen LogP contribution in [0.2, 0.25) is 0 Å². The first-order valence-corrected chi connectivity index (χ1v) is 10.5. The molecule has 0 radical (unpaired) electrons. The molecular weight excluding hydrogens is 394 g/mol. The molecule has 1 aromatic carbocycles. The van der Waals surface area contributed by atoms with Gasteiger partial charge in [0.2, 0.25) is 0 Å². The van der Waals surface area contributed by atoms with Crippen LogP contribution in [-0.4, -0.2) is 24.3 Å². The molecule has 0 aliphatic heterocycles.